The summed E-state index contributed by atoms with van der Waals surface area (Å²) in [6, 6.07) is 0.0531. The van der Waals surface area contributed by atoms with Gasteiger partial charge in [0, 0.05) is 32.3 Å². The molecule has 0 aliphatic carbocycles. The van der Waals surface area contributed by atoms with Crippen LogP contribution in [0.3, 0.4) is 0 Å². The zero-order valence-electron chi connectivity index (χ0n) is 10.4. The molecule has 0 bridgehead atoms. The molecular formula is C11H22N2O3S. The maximum Gasteiger partial charge on any atom is 0.216 e. The van der Waals surface area contributed by atoms with Crippen LogP contribution < -0.4 is 5.32 Å². The SMILES string of the molecule is CC1CNCCN1S(=O)(=O)CC1CCCCO1. The van der Waals surface area contributed by atoms with Crippen LogP contribution in [0.25, 0.3) is 0 Å². The van der Waals surface area contributed by atoms with Crippen molar-refractivity contribution in [3.05, 3.63) is 0 Å². The second-order valence-electron chi connectivity index (χ2n) is 4.93. The summed E-state index contributed by atoms with van der Waals surface area (Å²) in [6.07, 6.45) is 2.91. The van der Waals surface area contributed by atoms with Gasteiger partial charge >= 0.3 is 0 Å². The van der Waals surface area contributed by atoms with Crippen LogP contribution in [-0.2, 0) is 14.8 Å². The Kier molecular flexibility index (Phi) is 4.41. The van der Waals surface area contributed by atoms with Gasteiger partial charge in [0.05, 0.1) is 11.9 Å². The Morgan fingerprint density at radius 3 is 2.88 bits per heavy atom. The lowest BCUT2D eigenvalue weighted by Gasteiger charge is -2.34. The molecule has 0 aromatic rings. The highest BCUT2D eigenvalue weighted by atomic mass is 32.2. The number of nitrogens with one attached hydrogen (secondary N) is 1. The standard InChI is InChI=1S/C11H22N2O3S/c1-10-8-12-5-6-13(10)17(14,15)9-11-4-2-3-7-16-11/h10-12H,2-9H2,1H3. The van der Waals surface area contributed by atoms with Crippen molar-refractivity contribution < 1.29 is 13.2 Å². The Bertz CT molecular complexity index is 339. The fraction of sp³-hybridized carbons (Fsp3) is 1.00. The third kappa shape index (κ3) is 3.40. The van der Waals surface area contributed by atoms with E-state index in [0.29, 0.717) is 13.2 Å². The zero-order valence-corrected chi connectivity index (χ0v) is 11.2. The first-order valence-electron chi connectivity index (χ1n) is 6.41. The number of sulfonamides is 1. The summed E-state index contributed by atoms with van der Waals surface area (Å²) >= 11 is 0. The molecule has 2 rings (SSSR count). The van der Waals surface area contributed by atoms with E-state index >= 15 is 0 Å². The molecule has 100 valence electrons. The second-order valence-corrected chi connectivity index (χ2v) is 6.90. The fourth-order valence-corrected chi connectivity index (χ4v) is 4.42. The highest BCUT2D eigenvalue weighted by Crippen LogP contribution is 2.18. The molecule has 0 aromatic heterocycles. The predicted octanol–water partition coefficient (Wildman–Crippen LogP) is 0.179. The lowest BCUT2D eigenvalue weighted by molar-refractivity contribution is 0.0296. The molecule has 1 N–H and O–H groups in total. The quantitative estimate of drug-likeness (QED) is 0.788. The molecule has 2 fully saturated rings. The van der Waals surface area contributed by atoms with Gasteiger partial charge in [-0.05, 0) is 26.2 Å². The smallest absolute Gasteiger partial charge is 0.216 e. The third-order valence-electron chi connectivity index (χ3n) is 3.47. The summed E-state index contributed by atoms with van der Waals surface area (Å²) in [7, 11) is -3.16. The number of hydrogen-bond donors (Lipinski definition) is 1. The molecule has 0 aromatic carbocycles. The summed E-state index contributed by atoms with van der Waals surface area (Å²) in [6.45, 7) is 4.72. The van der Waals surface area contributed by atoms with E-state index in [9.17, 15) is 8.42 Å². The molecule has 17 heavy (non-hydrogen) atoms. The van der Waals surface area contributed by atoms with Crippen LogP contribution in [-0.4, -0.2) is 56.9 Å². The molecule has 2 unspecified atom stereocenters. The van der Waals surface area contributed by atoms with Crippen molar-refractivity contribution in [1.82, 2.24) is 9.62 Å². The maximum absolute atomic E-state index is 12.3. The van der Waals surface area contributed by atoms with Gasteiger partial charge in [0.1, 0.15) is 0 Å². The van der Waals surface area contributed by atoms with Crippen molar-refractivity contribution in [3.8, 4) is 0 Å². The lowest BCUT2D eigenvalue weighted by Crippen LogP contribution is -2.53. The van der Waals surface area contributed by atoms with Gasteiger partial charge < -0.3 is 10.1 Å². The van der Waals surface area contributed by atoms with E-state index < -0.39 is 10.0 Å². The van der Waals surface area contributed by atoms with E-state index in [0.717, 1.165) is 32.4 Å². The average molecular weight is 262 g/mol. The predicted molar refractivity (Wildman–Crippen MR) is 66.4 cm³/mol. The summed E-state index contributed by atoms with van der Waals surface area (Å²) in [5.74, 6) is 0.150. The highest BCUT2D eigenvalue weighted by Gasteiger charge is 2.32. The Hall–Kier alpha value is -0.170. The van der Waals surface area contributed by atoms with E-state index in [2.05, 4.69) is 5.32 Å². The molecule has 5 nitrogen and oxygen atoms in total. The molecule has 0 saturated carbocycles. The first-order valence-corrected chi connectivity index (χ1v) is 8.02. The topological polar surface area (TPSA) is 58.6 Å². The van der Waals surface area contributed by atoms with Gasteiger partial charge in [0.25, 0.3) is 0 Å². The van der Waals surface area contributed by atoms with Gasteiger partial charge in [-0.1, -0.05) is 0 Å². The van der Waals surface area contributed by atoms with Crippen molar-refractivity contribution in [1.29, 1.82) is 0 Å². The molecule has 0 radical (unpaired) electrons. The summed E-state index contributed by atoms with van der Waals surface area (Å²) in [5.41, 5.74) is 0. The molecule has 0 spiro atoms. The number of nitrogens with zero attached hydrogens (tertiary/aromatic N) is 1. The van der Waals surface area contributed by atoms with Crippen LogP contribution in [0.4, 0.5) is 0 Å². The van der Waals surface area contributed by atoms with Gasteiger partial charge in [-0.15, -0.1) is 0 Å². The van der Waals surface area contributed by atoms with E-state index in [1.54, 1.807) is 4.31 Å². The van der Waals surface area contributed by atoms with Crippen LogP contribution >= 0.6 is 0 Å². The molecule has 2 atom stereocenters. The normalized spacial score (nSPS) is 32.5. The van der Waals surface area contributed by atoms with Crippen LogP contribution in [0.5, 0.6) is 0 Å². The van der Waals surface area contributed by atoms with Crippen molar-refractivity contribution in [2.45, 2.75) is 38.3 Å². The first kappa shape index (κ1) is 13.3. The van der Waals surface area contributed by atoms with E-state index in [1.807, 2.05) is 6.92 Å². The highest BCUT2D eigenvalue weighted by molar-refractivity contribution is 7.89. The van der Waals surface area contributed by atoms with Gasteiger partial charge in [0.15, 0.2) is 0 Å². The van der Waals surface area contributed by atoms with Gasteiger partial charge in [0.2, 0.25) is 10.0 Å². The van der Waals surface area contributed by atoms with Gasteiger partial charge in [-0.25, -0.2) is 8.42 Å². The number of ether oxygens (including phenoxy) is 1. The molecule has 2 heterocycles. The van der Waals surface area contributed by atoms with Gasteiger partial charge in [-0.2, -0.15) is 4.31 Å². The van der Waals surface area contributed by atoms with E-state index in [1.165, 1.54) is 0 Å². The minimum absolute atomic E-state index is 0.0531. The van der Waals surface area contributed by atoms with Crippen LogP contribution in [0.1, 0.15) is 26.2 Å². The third-order valence-corrected chi connectivity index (χ3v) is 5.52. The molecule has 0 amide bonds. The average Bonchev–Trinajstić information content (AvgIpc) is 2.30. The number of hydrogen-bond acceptors (Lipinski definition) is 4. The van der Waals surface area contributed by atoms with Crippen LogP contribution in [0.15, 0.2) is 0 Å². The van der Waals surface area contributed by atoms with Crippen LogP contribution in [0.2, 0.25) is 0 Å². The first-order chi connectivity index (χ1) is 8.09. The number of rotatable bonds is 3. The fourth-order valence-electron chi connectivity index (χ4n) is 2.51. The summed E-state index contributed by atoms with van der Waals surface area (Å²) in [4.78, 5) is 0. The molecule has 2 aliphatic heterocycles. The summed E-state index contributed by atoms with van der Waals surface area (Å²) < 4.78 is 31.7. The monoisotopic (exact) mass is 262 g/mol. The summed E-state index contributed by atoms with van der Waals surface area (Å²) in [5, 5.41) is 3.20. The molecular weight excluding hydrogens is 240 g/mol. The minimum Gasteiger partial charge on any atom is -0.377 e. The largest absolute Gasteiger partial charge is 0.377 e. The van der Waals surface area contributed by atoms with E-state index in [-0.39, 0.29) is 17.9 Å². The van der Waals surface area contributed by atoms with Crippen molar-refractivity contribution in [2.75, 3.05) is 32.0 Å². The Labute approximate surface area is 104 Å². The minimum atomic E-state index is -3.16. The maximum atomic E-state index is 12.3. The zero-order chi connectivity index (χ0) is 12.3. The Morgan fingerprint density at radius 2 is 2.24 bits per heavy atom. The Morgan fingerprint density at radius 1 is 1.41 bits per heavy atom. The van der Waals surface area contributed by atoms with Crippen LogP contribution in [0, 0.1) is 0 Å². The molecule has 2 aliphatic rings. The van der Waals surface area contributed by atoms with Crippen molar-refractivity contribution >= 4 is 10.0 Å². The second kappa shape index (κ2) is 5.65. The number of piperazine rings is 1. The van der Waals surface area contributed by atoms with E-state index in [4.69, 9.17) is 4.74 Å². The molecule has 2 saturated heterocycles. The Balaban J connectivity index is 1.96. The molecule has 6 heteroatoms. The lowest BCUT2D eigenvalue weighted by atomic mass is 10.1. The van der Waals surface area contributed by atoms with Crippen molar-refractivity contribution in [3.63, 3.8) is 0 Å². The van der Waals surface area contributed by atoms with Crippen molar-refractivity contribution in [2.24, 2.45) is 0 Å². The van der Waals surface area contributed by atoms with Gasteiger partial charge in [-0.3, -0.25) is 0 Å².